The quantitative estimate of drug-likeness (QED) is 0.294. The molecule has 1 rings (SSSR count). The maximum atomic E-state index is 8.95. The van der Waals surface area contributed by atoms with Gasteiger partial charge in [-0.1, -0.05) is 23.2 Å². The average molecular weight is 275 g/mol. The third kappa shape index (κ3) is 2.08. The predicted molar refractivity (Wildman–Crippen MR) is 65.1 cm³/mol. The Labute approximate surface area is 112 Å². The maximum absolute atomic E-state index is 8.95. The number of aliphatic imine (C=N–C) groups is 1. The Balaban J connectivity index is 3.75. The van der Waals surface area contributed by atoms with Gasteiger partial charge in [0, 0.05) is 0 Å². The number of nitrogens with zero attached hydrogens (tertiary/aromatic N) is 6. The van der Waals surface area contributed by atoms with Crippen molar-refractivity contribution in [1.82, 2.24) is 0 Å². The summed E-state index contributed by atoms with van der Waals surface area (Å²) in [6, 6.07) is 1.71. The van der Waals surface area contributed by atoms with Gasteiger partial charge in [0.2, 0.25) is 11.9 Å². The molecule has 0 aromatic heterocycles. The van der Waals surface area contributed by atoms with Crippen LogP contribution in [0.3, 0.4) is 0 Å². The van der Waals surface area contributed by atoms with Crippen molar-refractivity contribution in [3.63, 3.8) is 0 Å². The first kappa shape index (κ1) is 13.4. The van der Waals surface area contributed by atoms with Crippen LogP contribution in [0, 0.1) is 35.9 Å². The molecule has 0 radical (unpaired) electrons. The topological polar surface area (TPSA) is 81.0 Å². The molecule has 0 N–H and O–H groups in total. The van der Waals surface area contributed by atoms with E-state index in [-0.39, 0.29) is 32.8 Å². The molecule has 84 valence electrons. The minimum Gasteiger partial charge on any atom is -0.234 e. The van der Waals surface area contributed by atoms with E-state index in [1.54, 1.807) is 6.07 Å². The number of allylic oxidation sites excluding steroid dienone is 3. The Kier molecular flexibility index (Phi) is 4.19. The first-order valence-corrected chi connectivity index (χ1v) is 4.87. The molecule has 0 atom stereocenters. The Morgan fingerprint density at radius 2 is 1.78 bits per heavy atom. The standard InChI is InChI=1S/C10Cl2N6/c1-15-9-7(12)8(18-16-2)5(3-13)6(11)10(9)17-4-14/b17-10?,18-8-. The van der Waals surface area contributed by atoms with E-state index in [0.29, 0.717) is 0 Å². The highest BCUT2D eigenvalue weighted by Crippen LogP contribution is 2.31. The van der Waals surface area contributed by atoms with Crippen LogP contribution in [0.5, 0.6) is 0 Å². The molecule has 0 fully saturated rings. The second kappa shape index (κ2) is 5.62. The molecule has 0 amide bonds. The van der Waals surface area contributed by atoms with E-state index in [9.17, 15) is 0 Å². The monoisotopic (exact) mass is 274 g/mol. The van der Waals surface area contributed by atoms with E-state index < -0.39 is 0 Å². The van der Waals surface area contributed by atoms with Gasteiger partial charge in [-0.2, -0.15) is 22.1 Å². The van der Waals surface area contributed by atoms with Crippen molar-refractivity contribution < 1.29 is 0 Å². The zero-order valence-corrected chi connectivity index (χ0v) is 9.95. The molecule has 8 heteroatoms. The third-order valence-electron chi connectivity index (χ3n) is 1.84. The van der Waals surface area contributed by atoms with Gasteiger partial charge >= 0.3 is 0 Å². The van der Waals surface area contributed by atoms with Crippen LogP contribution < -0.4 is 0 Å². The lowest BCUT2D eigenvalue weighted by atomic mass is 10.0. The van der Waals surface area contributed by atoms with Crippen molar-refractivity contribution in [2.45, 2.75) is 0 Å². The van der Waals surface area contributed by atoms with Crippen LogP contribution in [0.15, 0.2) is 31.4 Å². The summed E-state index contributed by atoms with van der Waals surface area (Å²) in [6.07, 6.45) is 1.47. The van der Waals surface area contributed by atoms with Gasteiger partial charge in [0.1, 0.15) is 17.4 Å². The third-order valence-corrected chi connectivity index (χ3v) is 2.57. The fourth-order valence-electron chi connectivity index (χ4n) is 1.15. The van der Waals surface area contributed by atoms with Gasteiger partial charge in [-0.3, -0.25) is 0 Å². The number of halogens is 2. The van der Waals surface area contributed by atoms with Gasteiger partial charge in [0.25, 0.3) is 0 Å². The second-order valence-corrected chi connectivity index (χ2v) is 3.44. The fraction of sp³-hybridized carbons (Fsp3) is 0. The molecule has 0 aliphatic heterocycles. The van der Waals surface area contributed by atoms with Crippen LogP contribution in [0.4, 0.5) is 0 Å². The molecule has 0 saturated carbocycles. The maximum Gasteiger partial charge on any atom is 0.235 e. The van der Waals surface area contributed by atoms with Crippen LogP contribution in [-0.2, 0) is 0 Å². The number of hydrogen-bond donors (Lipinski definition) is 0. The van der Waals surface area contributed by atoms with Crippen molar-refractivity contribution in [2.75, 3.05) is 0 Å². The normalized spacial score (nSPS) is 19.2. The van der Waals surface area contributed by atoms with Crippen LogP contribution in [0.25, 0.3) is 9.80 Å². The van der Waals surface area contributed by atoms with E-state index in [4.69, 9.17) is 46.9 Å². The lowest BCUT2D eigenvalue weighted by Gasteiger charge is -2.12. The predicted octanol–water partition coefficient (Wildman–Crippen LogP) is 2.58. The molecular weight excluding hydrogens is 275 g/mol. The van der Waals surface area contributed by atoms with E-state index in [2.05, 4.69) is 19.9 Å². The molecule has 6 nitrogen and oxygen atoms in total. The van der Waals surface area contributed by atoms with Crippen molar-refractivity contribution in [3.05, 3.63) is 44.3 Å². The van der Waals surface area contributed by atoms with Gasteiger partial charge < -0.3 is 0 Å². The van der Waals surface area contributed by atoms with E-state index in [1.165, 1.54) is 6.19 Å². The van der Waals surface area contributed by atoms with Gasteiger partial charge in [0.05, 0.1) is 21.7 Å². The summed E-state index contributed by atoms with van der Waals surface area (Å²) in [6.45, 7) is 13.6. The summed E-state index contributed by atoms with van der Waals surface area (Å²) >= 11 is 11.7. The average Bonchev–Trinajstić information content (AvgIpc) is 2.36. The molecule has 0 aromatic carbocycles. The zero-order valence-electron chi connectivity index (χ0n) is 8.44. The Morgan fingerprint density at radius 1 is 1.11 bits per heavy atom. The van der Waals surface area contributed by atoms with E-state index in [0.717, 1.165) is 0 Å². The van der Waals surface area contributed by atoms with Crippen molar-refractivity contribution >= 4 is 34.6 Å². The largest absolute Gasteiger partial charge is 0.235 e. The second-order valence-electron chi connectivity index (χ2n) is 2.68. The first-order valence-electron chi connectivity index (χ1n) is 4.12. The highest BCUT2D eigenvalue weighted by Gasteiger charge is 2.32. The summed E-state index contributed by atoms with van der Waals surface area (Å²) in [5.41, 5.74) is -0.801. The van der Waals surface area contributed by atoms with Gasteiger partial charge in [-0.15, -0.1) is 4.95 Å². The molecule has 18 heavy (non-hydrogen) atoms. The fourth-order valence-corrected chi connectivity index (χ4v) is 1.68. The van der Waals surface area contributed by atoms with Crippen LogP contribution in [-0.4, -0.2) is 11.4 Å². The van der Waals surface area contributed by atoms with Crippen molar-refractivity contribution in [1.29, 1.82) is 10.5 Å². The first-order chi connectivity index (χ1) is 8.62. The highest BCUT2D eigenvalue weighted by molar-refractivity contribution is 6.58. The van der Waals surface area contributed by atoms with E-state index in [1.807, 2.05) is 0 Å². The SMILES string of the molecule is [C-]#[N+]/N=C1\C(Cl)=C([N+]#[C-])C(=NC#N)C(Cl)=C1C#N. The molecular formula is C10Cl2N6. The van der Waals surface area contributed by atoms with Crippen molar-refractivity contribution in [3.8, 4) is 12.3 Å². The summed E-state index contributed by atoms with van der Waals surface area (Å²) in [7, 11) is 0. The Bertz CT molecular complexity index is 635. The van der Waals surface area contributed by atoms with Crippen LogP contribution >= 0.6 is 23.2 Å². The molecule has 0 heterocycles. The highest BCUT2D eigenvalue weighted by atomic mass is 35.5. The molecule has 0 saturated heterocycles. The van der Waals surface area contributed by atoms with Gasteiger partial charge in [-0.05, 0) is 0 Å². The minimum atomic E-state index is -0.226. The number of rotatable bonds is 0. The summed E-state index contributed by atoms with van der Waals surface area (Å²) < 4.78 is 0. The lowest BCUT2D eigenvalue weighted by Crippen LogP contribution is -2.18. The summed E-state index contributed by atoms with van der Waals surface area (Å²) in [5.74, 6) is 0. The van der Waals surface area contributed by atoms with Crippen LogP contribution in [0.1, 0.15) is 0 Å². The van der Waals surface area contributed by atoms with E-state index >= 15 is 0 Å². The summed E-state index contributed by atoms with van der Waals surface area (Å²) in [4.78, 5) is 9.19. The smallest absolute Gasteiger partial charge is 0.234 e. The van der Waals surface area contributed by atoms with Crippen molar-refractivity contribution in [2.24, 2.45) is 10.1 Å². The number of nitriles is 2. The van der Waals surface area contributed by atoms with Gasteiger partial charge in [-0.25, -0.2) is 4.85 Å². The molecule has 1 aliphatic rings. The minimum absolute atomic E-state index is 0.193. The van der Waals surface area contributed by atoms with Gasteiger partial charge in [0.15, 0.2) is 5.71 Å². The molecule has 0 spiro atoms. The van der Waals surface area contributed by atoms with Crippen LogP contribution in [0.2, 0.25) is 0 Å². The Morgan fingerprint density at radius 3 is 2.22 bits per heavy atom. The zero-order chi connectivity index (χ0) is 13.7. The summed E-state index contributed by atoms with van der Waals surface area (Å²) in [5, 5.41) is 20.3. The number of hydrogen-bond acceptors (Lipinski definition) is 4. The Hall–Kier alpha value is -2.64. The molecule has 0 bridgehead atoms. The molecule has 0 aromatic rings. The molecule has 1 aliphatic carbocycles. The molecule has 0 unspecified atom stereocenters. The lowest BCUT2D eigenvalue weighted by molar-refractivity contribution is 1.42.